The van der Waals surface area contributed by atoms with Gasteiger partial charge in [0.05, 0.1) is 11.6 Å². The van der Waals surface area contributed by atoms with Crippen molar-refractivity contribution >= 4 is 16.5 Å². The molecular formula is C18H21N3. The largest absolute Gasteiger partial charge is 0.367 e. The third-order valence-corrected chi connectivity index (χ3v) is 4.58. The van der Waals surface area contributed by atoms with Crippen LogP contribution in [0, 0.1) is 17.2 Å². The highest BCUT2D eigenvalue weighted by atomic mass is 15.2. The van der Waals surface area contributed by atoms with Crippen molar-refractivity contribution in [2.45, 2.75) is 25.8 Å². The van der Waals surface area contributed by atoms with Gasteiger partial charge in [0.15, 0.2) is 0 Å². The number of rotatable bonds is 2. The van der Waals surface area contributed by atoms with Crippen LogP contribution in [0.2, 0.25) is 0 Å². The number of nitriles is 1. The first-order valence-corrected chi connectivity index (χ1v) is 7.63. The Balaban J connectivity index is 2.10. The van der Waals surface area contributed by atoms with E-state index in [1.54, 1.807) is 0 Å². The zero-order valence-corrected chi connectivity index (χ0v) is 12.4. The average molecular weight is 279 g/mol. The number of anilines is 1. The van der Waals surface area contributed by atoms with E-state index in [4.69, 9.17) is 5.73 Å². The zero-order chi connectivity index (χ0) is 14.8. The van der Waals surface area contributed by atoms with Gasteiger partial charge in [0.1, 0.15) is 0 Å². The summed E-state index contributed by atoms with van der Waals surface area (Å²) in [5, 5.41) is 11.5. The normalized spacial score (nSPS) is 22.2. The van der Waals surface area contributed by atoms with E-state index in [-0.39, 0.29) is 0 Å². The molecule has 0 bridgehead atoms. The quantitative estimate of drug-likeness (QED) is 0.918. The predicted molar refractivity (Wildman–Crippen MR) is 87.2 cm³/mol. The Morgan fingerprint density at radius 2 is 2.00 bits per heavy atom. The number of nitrogens with two attached hydrogens (primary N) is 1. The first kappa shape index (κ1) is 13.9. The summed E-state index contributed by atoms with van der Waals surface area (Å²) in [7, 11) is 0. The van der Waals surface area contributed by atoms with Gasteiger partial charge in [-0.05, 0) is 30.9 Å². The lowest BCUT2D eigenvalue weighted by Gasteiger charge is -2.40. The molecule has 1 aliphatic heterocycles. The average Bonchev–Trinajstić information content (AvgIpc) is 2.54. The lowest BCUT2D eigenvalue weighted by molar-refractivity contribution is 0.367. The second-order valence-corrected chi connectivity index (χ2v) is 6.00. The summed E-state index contributed by atoms with van der Waals surface area (Å²) in [5.74, 6) is 0.736. The molecule has 3 rings (SSSR count). The molecule has 2 atom stereocenters. The Hall–Kier alpha value is -2.05. The van der Waals surface area contributed by atoms with Gasteiger partial charge in [0, 0.05) is 35.6 Å². The van der Waals surface area contributed by atoms with E-state index in [2.05, 4.69) is 30.0 Å². The Bertz CT molecular complexity index is 686. The summed E-state index contributed by atoms with van der Waals surface area (Å²) in [6.07, 6.45) is 2.34. The fourth-order valence-corrected chi connectivity index (χ4v) is 3.42. The minimum Gasteiger partial charge on any atom is -0.367 e. The van der Waals surface area contributed by atoms with E-state index in [1.807, 2.05) is 24.3 Å². The molecule has 3 nitrogen and oxygen atoms in total. The number of piperidine rings is 1. The highest BCUT2D eigenvalue weighted by molar-refractivity contribution is 5.98. The van der Waals surface area contributed by atoms with E-state index in [1.165, 1.54) is 12.1 Å². The van der Waals surface area contributed by atoms with Gasteiger partial charge < -0.3 is 10.6 Å². The maximum absolute atomic E-state index is 9.29. The molecule has 1 aliphatic rings. The molecule has 1 saturated heterocycles. The lowest BCUT2D eigenvalue weighted by atomic mass is 9.91. The number of hydrogen-bond acceptors (Lipinski definition) is 3. The van der Waals surface area contributed by atoms with Crippen LogP contribution in [0.3, 0.4) is 0 Å². The molecule has 2 aromatic rings. The second-order valence-electron chi connectivity index (χ2n) is 6.00. The van der Waals surface area contributed by atoms with Crippen LogP contribution < -0.4 is 10.6 Å². The van der Waals surface area contributed by atoms with Gasteiger partial charge in [-0.3, -0.25) is 0 Å². The Labute approximate surface area is 126 Å². The van der Waals surface area contributed by atoms with Gasteiger partial charge in [-0.25, -0.2) is 0 Å². The topological polar surface area (TPSA) is 53.0 Å². The van der Waals surface area contributed by atoms with Crippen molar-refractivity contribution < 1.29 is 0 Å². The molecule has 0 radical (unpaired) electrons. The van der Waals surface area contributed by atoms with E-state index >= 15 is 0 Å². The standard InChI is InChI=1S/C18H21N3/c1-13-8-9-21(15(10-13)12-20)18-7-6-14(11-19)16-4-2-3-5-17(16)18/h2-7,13,15H,8-10,12,20H2,1H3. The minimum absolute atomic E-state index is 0.394. The summed E-state index contributed by atoms with van der Waals surface area (Å²) in [4.78, 5) is 2.43. The summed E-state index contributed by atoms with van der Waals surface area (Å²) in [5.41, 5.74) is 7.95. The van der Waals surface area contributed by atoms with E-state index in [9.17, 15) is 5.26 Å². The first-order valence-electron chi connectivity index (χ1n) is 7.63. The van der Waals surface area contributed by atoms with Crippen molar-refractivity contribution in [2.75, 3.05) is 18.0 Å². The Morgan fingerprint density at radius 3 is 2.71 bits per heavy atom. The van der Waals surface area contributed by atoms with Crippen LogP contribution in [-0.4, -0.2) is 19.1 Å². The first-order chi connectivity index (χ1) is 10.2. The maximum atomic E-state index is 9.29. The third kappa shape index (κ3) is 2.48. The Kier molecular flexibility index (Phi) is 3.81. The summed E-state index contributed by atoms with van der Waals surface area (Å²) < 4.78 is 0. The predicted octanol–water partition coefficient (Wildman–Crippen LogP) is 3.28. The van der Waals surface area contributed by atoms with Crippen LogP contribution in [0.4, 0.5) is 5.69 Å². The highest BCUT2D eigenvalue weighted by Crippen LogP contribution is 2.34. The van der Waals surface area contributed by atoms with Crippen molar-refractivity contribution in [3.8, 4) is 6.07 Å². The fourth-order valence-electron chi connectivity index (χ4n) is 3.42. The molecule has 2 aromatic carbocycles. The highest BCUT2D eigenvalue weighted by Gasteiger charge is 2.26. The van der Waals surface area contributed by atoms with Crippen LogP contribution in [0.1, 0.15) is 25.3 Å². The number of benzene rings is 2. The molecule has 1 heterocycles. The number of nitrogens with zero attached hydrogens (tertiary/aromatic N) is 2. The van der Waals surface area contributed by atoms with Gasteiger partial charge in [0.2, 0.25) is 0 Å². The molecule has 0 aliphatic carbocycles. The summed E-state index contributed by atoms with van der Waals surface area (Å²) >= 11 is 0. The maximum Gasteiger partial charge on any atom is 0.0998 e. The van der Waals surface area contributed by atoms with Gasteiger partial charge in [0.25, 0.3) is 0 Å². The van der Waals surface area contributed by atoms with E-state index in [0.29, 0.717) is 12.6 Å². The Morgan fingerprint density at radius 1 is 1.24 bits per heavy atom. The molecule has 21 heavy (non-hydrogen) atoms. The molecule has 2 N–H and O–H groups in total. The summed E-state index contributed by atoms with van der Waals surface area (Å²) in [6, 6.07) is 14.9. The molecular weight excluding hydrogens is 258 g/mol. The molecule has 108 valence electrons. The van der Waals surface area contributed by atoms with Gasteiger partial charge >= 0.3 is 0 Å². The molecule has 0 aromatic heterocycles. The monoisotopic (exact) mass is 279 g/mol. The van der Waals surface area contributed by atoms with Crippen molar-refractivity contribution in [3.63, 3.8) is 0 Å². The van der Waals surface area contributed by atoms with Crippen molar-refractivity contribution in [3.05, 3.63) is 42.0 Å². The van der Waals surface area contributed by atoms with Gasteiger partial charge in [-0.15, -0.1) is 0 Å². The van der Waals surface area contributed by atoms with Crippen molar-refractivity contribution in [2.24, 2.45) is 11.7 Å². The van der Waals surface area contributed by atoms with Gasteiger partial charge in [-0.1, -0.05) is 31.2 Å². The smallest absolute Gasteiger partial charge is 0.0998 e. The van der Waals surface area contributed by atoms with Crippen molar-refractivity contribution in [1.82, 2.24) is 0 Å². The van der Waals surface area contributed by atoms with Crippen LogP contribution in [0.25, 0.3) is 10.8 Å². The molecule has 1 fully saturated rings. The molecule has 0 amide bonds. The van der Waals surface area contributed by atoms with Crippen LogP contribution in [-0.2, 0) is 0 Å². The molecule has 3 heteroatoms. The fraction of sp³-hybridized carbons (Fsp3) is 0.389. The van der Waals surface area contributed by atoms with Crippen LogP contribution >= 0.6 is 0 Å². The van der Waals surface area contributed by atoms with E-state index in [0.717, 1.165) is 35.2 Å². The van der Waals surface area contributed by atoms with E-state index < -0.39 is 0 Å². The second kappa shape index (κ2) is 5.75. The molecule has 2 unspecified atom stereocenters. The van der Waals surface area contributed by atoms with Crippen LogP contribution in [0.15, 0.2) is 36.4 Å². The minimum atomic E-state index is 0.394. The van der Waals surface area contributed by atoms with Crippen molar-refractivity contribution in [1.29, 1.82) is 5.26 Å². The number of hydrogen-bond donors (Lipinski definition) is 1. The SMILES string of the molecule is CC1CCN(c2ccc(C#N)c3ccccc23)C(CN)C1. The van der Waals surface area contributed by atoms with Crippen LogP contribution in [0.5, 0.6) is 0 Å². The molecule has 0 saturated carbocycles. The lowest BCUT2D eigenvalue weighted by Crippen LogP contribution is -2.46. The summed E-state index contributed by atoms with van der Waals surface area (Å²) in [6.45, 7) is 4.02. The third-order valence-electron chi connectivity index (χ3n) is 4.58. The van der Waals surface area contributed by atoms with Gasteiger partial charge in [-0.2, -0.15) is 5.26 Å². The zero-order valence-electron chi connectivity index (χ0n) is 12.4. The molecule has 0 spiro atoms. The number of fused-ring (bicyclic) bond motifs is 1.